The highest BCUT2D eigenvalue weighted by atomic mass is 16.2. The lowest BCUT2D eigenvalue weighted by Gasteiger charge is -2.36. The van der Waals surface area contributed by atoms with Crippen molar-refractivity contribution in [2.45, 2.75) is 52.5 Å². The maximum absolute atomic E-state index is 13.5. The highest BCUT2D eigenvalue weighted by Gasteiger charge is 2.30. The molecule has 0 atom stereocenters. The Hall–Kier alpha value is -2.55. The number of likely N-dealkylation sites (tertiary alicyclic amines) is 1. The molecule has 3 nitrogen and oxygen atoms in total. The van der Waals surface area contributed by atoms with Crippen molar-refractivity contribution < 1.29 is 4.79 Å². The van der Waals surface area contributed by atoms with Crippen LogP contribution in [-0.4, -0.2) is 29.4 Å². The van der Waals surface area contributed by atoms with Crippen LogP contribution in [0.1, 0.15) is 60.7 Å². The summed E-state index contributed by atoms with van der Waals surface area (Å²) in [7, 11) is 0. The zero-order valence-corrected chi connectivity index (χ0v) is 18.1. The maximum Gasteiger partial charge on any atom is 0.255 e. The Kier molecular flexibility index (Phi) is 5.24. The van der Waals surface area contributed by atoms with E-state index in [1.807, 2.05) is 0 Å². The van der Waals surface area contributed by atoms with Gasteiger partial charge in [-0.3, -0.25) is 4.79 Å². The van der Waals surface area contributed by atoms with Gasteiger partial charge >= 0.3 is 0 Å². The zero-order chi connectivity index (χ0) is 20.6. The number of carbonyl (C=O) groups is 1. The van der Waals surface area contributed by atoms with E-state index < -0.39 is 0 Å². The Morgan fingerprint density at radius 2 is 1.79 bits per heavy atom. The molecule has 0 spiro atoms. The summed E-state index contributed by atoms with van der Waals surface area (Å²) in [6.45, 7) is 10.2. The summed E-state index contributed by atoms with van der Waals surface area (Å²) < 4.78 is 0. The Labute approximate surface area is 174 Å². The molecular weight excluding hydrogens is 356 g/mol. The molecule has 0 aromatic heterocycles. The van der Waals surface area contributed by atoms with Gasteiger partial charge in [-0.15, -0.1) is 0 Å². The van der Waals surface area contributed by atoms with Gasteiger partial charge in [0.25, 0.3) is 5.91 Å². The minimum atomic E-state index is -0.149. The fourth-order valence-electron chi connectivity index (χ4n) is 4.84. The predicted molar refractivity (Wildman–Crippen MR) is 121 cm³/mol. The molecule has 1 amide bonds. The second kappa shape index (κ2) is 7.70. The van der Waals surface area contributed by atoms with Crippen LogP contribution in [0.2, 0.25) is 0 Å². The summed E-state index contributed by atoms with van der Waals surface area (Å²) in [6, 6.07) is 14.9. The molecule has 2 aliphatic rings. The lowest BCUT2D eigenvalue weighted by atomic mass is 9.87. The number of amides is 1. The van der Waals surface area contributed by atoms with Crippen molar-refractivity contribution in [3.8, 4) is 0 Å². The Morgan fingerprint density at radius 3 is 2.48 bits per heavy atom. The lowest BCUT2D eigenvalue weighted by Crippen LogP contribution is -2.40. The van der Waals surface area contributed by atoms with Crippen LogP contribution in [0.3, 0.4) is 0 Å². The van der Waals surface area contributed by atoms with Crippen LogP contribution in [0.5, 0.6) is 0 Å². The van der Waals surface area contributed by atoms with Gasteiger partial charge in [0, 0.05) is 18.7 Å². The molecule has 0 unspecified atom stereocenters. The van der Waals surface area contributed by atoms with Gasteiger partial charge in [0.1, 0.15) is 0 Å². The average molecular weight is 389 g/mol. The van der Waals surface area contributed by atoms with Crippen molar-refractivity contribution in [3.05, 3.63) is 70.8 Å². The van der Waals surface area contributed by atoms with Crippen molar-refractivity contribution in [2.24, 2.45) is 5.92 Å². The summed E-state index contributed by atoms with van der Waals surface area (Å²) in [5.41, 5.74) is 6.61. The number of hydrogen-bond donors (Lipinski definition) is 1. The molecule has 29 heavy (non-hydrogen) atoms. The van der Waals surface area contributed by atoms with Crippen LogP contribution in [0.4, 0.5) is 5.69 Å². The Bertz CT molecular complexity index is 935. The topological polar surface area (TPSA) is 32.3 Å². The van der Waals surface area contributed by atoms with Crippen LogP contribution in [-0.2, 0) is 6.42 Å². The third kappa shape index (κ3) is 4.24. The van der Waals surface area contributed by atoms with Crippen LogP contribution < -0.4 is 5.32 Å². The maximum atomic E-state index is 13.5. The first kappa shape index (κ1) is 19.8. The van der Waals surface area contributed by atoms with E-state index in [9.17, 15) is 4.79 Å². The van der Waals surface area contributed by atoms with E-state index in [-0.39, 0.29) is 11.4 Å². The van der Waals surface area contributed by atoms with Crippen molar-refractivity contribution in [1.29, 1.82) is 0 Å². The molecule has 1 N–H and O–H groups in total. The minimum Gasteiger partial charge on any atom is -0.376 e. The fourth-order valence-corrected chi connectivity index (χ4v) is 4.84. The van der Waals surface area contributed by atoms with Gasteiger partial charge in [0.15, 0.2) is 0 Å². The molecule has 2 aliphatic heterocycles. The van der Waals surface area contributed by atoms with E-state index >= 15 is 0 Å². The normalized spacial score (nSPS) is 18.6. The number of piperidine rings is 1. The first-order valence-corrected chi connectivity index (χ1v) is 10.8. The van der Waals surface area contributed by atoms with E-state index in [0.29, 0.717) is 5.92 Å². The number of allylic oxidation sites excluding steroid dienone is 1. The number of anilines is 1. The van der Waals surface area contributed by atoms with E-state index in [1.165, 1.54) is 11.1 Å². The summed E-state index contributed by atoms with van der Waals surface area (Å²) in [6.07, 6.45) is 5.51. The molecule has 152 valence electrons. The molecule has 1 fully saturated rings. The summed E-state index contributed by atoms with van der Waals surface area (Å²) in [5.74, 6) is 0.830. The number of benzene rings is 2. The molecule has 2 aromatic rings. The monoisotopic (exact) mass is 388 g/mol. The summed E-state index contributed by atoms with van der Waals surface area (Å²) >= 11 is 0. The van der Waals surface area contributed by atoms with Crippen LogP contribution in [0, 0.1) is 12.8 Å². The number of nitrogens with one attached hydrogen (secondary N) is 1. The van der Waals surface area contributed by atoms with Gasteiger partial charge in [-0.1, -0.05) is 36.4 Å². The molecule has 0 aliphatic carbocycles. The molecule has 2 aromatic carbocycles. The Balaban J connectivity index is 1.51. The minimum absolute atomic E-state index is 0.149. The predicted octanol–water partition coefficient (Wildman–Crippen LogP) is 5.70. The van der Waals surface area contributed by atoms with Crippen molar-refractivity contribution in [3.63, 3.8) is 0 Å². The van der Waals surface area contributed by atoms with Crippen LogP contribution in [0.15, 0.2) is 48.5 Å². The molecule has 0 saturated carbocycles. The molecule has 1 saturated heterocycles. The SMILES string of the molecule is CC1=CC(C)(C)Nc2c(C(=O)N3CCC(Cc4ccccc4)CC3)cc(C)cc21. The molecule has 3 heteroatoms. The third-order valence-electron chi connectivity index (χ3n) is 6.23. The number of hydrogen-bond acceptors (Lipinski definition) is 2. The average Bonchev–Trinajstić information content (AvgIpc) is 2.68. The van der Waals surface area contributed by atoms with Gasteiger partial charge in [-0.2, -0.15) is 0 Å². The standard InChI is InChI=1S/C26H32N2O/c1-18-14-22-19(2)17-26(3,4)27-24(22)23(15-18)25(29)28-12-10-21(11-13-28)16-20-8-6-5-7-9-20/h5-9,14-15,17,21,27H,10-13,16H2,1-4H3. The largest absolute Gasteiger partial charge is 0.376 e. The van der Waals surface area contributed by atoms with Gasteiger partial charge in [0.05, 0.1) is 16.8 Å². The zero-order valence-electron chi connectivity index (χ0n) is 18.1. The highest BCUT2D eigenvalue weighted by Crippen LogP contribution is 2.37. The smallest absolute Gasteiger partial charge is 0.255 e. The fraction of sp³-hybridized carbons (Fsp3) is 0.423. The van der Waals surface area contributed by atoms with Crippen molar-refractivity contribution >= 4 is 17.2 Å². The van der Waals surface area contributed by atoms with E-state index in [1.54, 1.807) is 0 Å². The van der Waals surface area contributed by atoms with Gasteiger partial charge < -0.3 is 10.2 Å². The van der Waals surface area contributed by atoms with Crippen molar-refractivity contribution in [2.75, 3.05) is 18.4 Å². The quantitative estimate of drug-likeness (QED) is 0.732. The van der Waals surface area contributed by atoms with Crippen molar-refractivity contribution in [1.82, 2.24) is 4.90 Å². The van der Waals surface area contributed by atoms with E-state index in [0.717, 1.165) is 54.7 Å². The second-order valence-corrected chi connectivity index (χ2v) is 9.33. The molecule has 4 rings (SSSR count). The first-order valence-electron chi connectivity index (χ1n) is 10.8. The second-order valence-electron chi connectivity index (χ2n) is 9.33. The number of nitrogens with zero attached hydrogens (tertiary/aromatic N) is 1. The molecule has 0 bridgehead atoms. The molecular formula is C26H32N2O. The van der Waals surface area contributed by atoms with E-state index in [4.69, 9.17) is 0 Å². The summed E-state index contributed by atoms with van der Waals surface area (Å²) in [5, 5.41) is 3.60. The molecule has 2 heterocycles. The number of fused-ring (bicyclic) bond motifs is 1. The highest BCUT2D eigenvalue weighted by molar-refractivity contribution is 6.03. The van der Waals surface area contributed by atoms with Crippen LogP contribution in [0.25, 0.3) is 5.57 Å². The van der Waals surface area contributed by atoms with Crippen LogP contribution >= 0.6 is 0 Å². The van der Waals surface area contributed by atoms with Gasteiger partial charge in [-0.05, 0) is 81.7 Å². The third-order valence-corrected chi connectivity index (χ3v) is 6.23. The summed E-state index contributed by atoms with van der Waals surface area (Å²) in [4.78, 5) is 15.5. The number of rotatable bonds is 3. The van der Waals surface area contributed by atoms with Gasteiger partial charge in [0.2, 0.25) is 0 Å². The first-order chi connectivity index (χ1) is 13.8. The lowest BCUT2D eigenvalue weighted by molar-refractivity contribution is 0.0691. The van der Waals surface area contributed by atoms with E-state index in [2.05, 4.69) is 86.5 Å². The number of aryl methyl sites for hydroxylation is 1. The number of carbonyl (C=O) groups excluding carboxylic acids is 1. The Morgan fingerprint density at radius 1 is 1.10 bits per heavy atom. The van der Waals surface area contributed by atoms with Gasteiger partial charge in [-0.25, -0.2) is 0 Å². The molecule has 0 radical (unpaired) electrons.